The lowest BCUT2D eigenvalue weighted by molar-refractivity contribution is -0.130. The molecule has 1 aromatic carbocycles. The van der Waals surface area contributed by atoms with Gasteiger partial charge >= 0.3 is 6.61 Å². The smallest absolute Gasteiger partial charge is 0.387 e. The number of benzene rings is 1. The van der Waals surface area contributed by atoms with Gasteiger partial charge in [0.1, 0.15) is 5.75 Å². The van der Waals surface area contributed by atoms with Crippen molar-refractivity contribution in [1.29, 1.82) is 0 Å². The number of halogens is 2. The molecule has 0 radical (unpaired) electrons. The second kappa shape index (κ2) is 10.8. The summed E-state index contributed by atoms with van der Waals surface area (Å²) in [5.74, 6) is 0.868. The molecule has 7 nitrogen and oxygen atoms in total. The first-order valence-corrected chi connectivity index (χ1v) is 9.35. The summed E-state index contributed by atoms with van der Waals surface area (Å²) in [6.07, 6.45) is 0. The molecule has 1 aliphatic heterocycles. The molecule has 28 heavy (non-hydrogen) atoms. The Morgan fingerprint density at radius 2 is 1.96 bits per heavy atom. The van der Waals surface area contributed by atoms with Crippen molar-refractivity contribution >= 4 is 11.9 Å². The molecule has 9 heteroatoms. The summed E-state index contributed by atoms with van der Waals surface area (Å²) in [5, 5.41) is 6.35. The molecule has 1 saturated heterocycles. The molecule has 156 valence electrons. The van der Waals surface area contributed by atoms with E-state index in [9.17, 15) is 13.6 Å². The molecule has 0 aliphatic carbocycles. The molecule has 0 spiro atoms. The average molecular weight is 397 g/mol. The normalized spacial score (nSPS) is 15.6. The van der Waals surface area contributed by atoms with Crippen LogP contribution >= 0.6 is 0 Å². The number of nitrogens with one attached hydrogen (secondary N) is 2. The van der Waals surface area contributed by atoms with Gasteiger partial charge in [-0.3, -0.25) is 14.7 Å². The van der Waals surface area contributed by atoms with E-state index in [0.717, 1.165) is 38.3 Å². The van der Waals surface area contributed by atoms with E-state index in [1.54, 1.807) is 26.1 Å². The first-order chi connectivity index (χ1) is 13.4. The van der Waals surface area contributed by atoms with E-state index < -0.39 is 6.61 Å². The summed E-state index contributed by atoms with van der Waals surface area (Å²) in [4.78, 5) is 19.7. The number of aryl methyl sites for hydroxylation is 1. The maximum Gasteiger partial charge on any atom is 0.387 e. The van der Waals surface area contributed by atoms with Gasteiger partial charge in [0.15, 0.2) is 5.96 Å². The van der Waals surface area contributed by atoms with Crippen LogP contribution in [0.2, 0.25) is 0 Å². The van der Waals surface area contributed by atoms with E-state index >= 15 is 0 Å². The largest absolute Gasteiger partial charge is 0.434 e. The van der Waals surface area contributed by atoms with E-state index in [1.807, 2.05) is 17.9 Å². The standard InChI is InChI=1S/C19H29F2N5O2/c1-14-4-5-17(28-18(20)21)16(12-14)13-24-19(22-3)23-6-7-25-8-10-26(11-9-25)15(2)27/h4-5,12,18H,6-11,13H2,1-3H3,(H2,22,23,24). The van der Waals surface area contributed by atoms with Crippen LogP contribution in [0.25, 0.3) is 0 Å². The van der Waals surface area contributed by atoms with Crippen molar-refractivity contribution in [2.45, 2.75) is 27.0 Å². The van der Waals surface area contributed by atoms with E-state index in [-0.39, 0.29) is 11.7 Å². The van der Waals surface area contributed by atoms with Crippen molar-refractivity contribution in [1.82, 2.24) is 20.4 Å². The van der Waals surface area contributed by atoms with Crippen molar-refractivity contribution in [3.05, 3.63) is 29.3 Å². The molecule has 0 unspecified atom stereocenters. The van der Waals surface area contributed by atoms with Crippen LogP contribution in [0.3, 0.4) is 0 Å². The molecule has 0 aromatic heterocycles. The van der Waals surface area contributed by atoms with Gasteiger partial charge in [0, 0.05) is 65.3 Å². The molecule has 2 rings (SSSR count). The van der Waals surface area contributed by atoms with Crippen LogP contribution in [-0.4, -0.2) is 74.6 Å². The van der Waals surface area contributed by atoms with Gasteiger partial charge < -0.3 is 20.3 Å². The zero-order valence-corrected chi connectivity index (χ0v) is 16.7. The van der Waals surface area contributed by atoms with Gasteiger partial charge in [0.2, 0.25) is 5.91 Å². The second-order valence-electron chi connectivity index (χ2n) is 6.69. The minimum absolute atomic E-state index is 0.119. The van der Waals surface area contributed by atoms with Crippen molar-refractivity contribution < 1.29 is 18.3 Å². The first kappa shape index (κ1) is 21.9. The molecule has 0 saturated carbocycles. The summed E-state index contributed by atoms with van der Waals surface area (Å²) >= 11 is 0. The summed E-state index contributed by atoms with van der Waals surface area (Å²) < 4.78 is 29.7. The van der Waals surface area contributed by atoms with Gasteiger partial charge in [0.25, 0.3) is 0 Å². The number of nitrogens with zero attached hydrogens (tertiary/aromatic N) is 3. The number of carbonyl (C=O) groups excluding carboxylic acids is 1. The van der Waals surface area contributed by atoms with E-state index in [0.29, 0.717) is 24.6 Å². The second-order valence-corrected chi connectivity index (χ2v) is 6.69. The molecule has 2 N–H and O–H groups in total. The fraction of sp³-hybridized carbons (Fsp3) is 0.579. The Morgan fingerprint density at radius 1 is 1.25 bits per heavy atom. The highest BCUT2D eigenvalue weighted by molar-refractivity contribution is 5.79. The fourth-order valence-electron chi connectivity index (χ4n) is 3.08. The van der Waals surface area contributed by atoms with Crippen molar-refractivity contribution in [3.63, 3.8) is 0 Å². The lowest BCUT2D eigenvalue weighted by Gasteiger charge is -2.34. The number of piperazine rings is 1. The summed E-state index contributed by atoms with van der Waals surface area (Å²) in [5.41, 5.74) is 1.61. The van der Waals surface area contributed by atoms with Crippen molar-refractivity contribution in [3.8, 4) is 5.75 Å². The van der Waals surface area contributed by atoms with Crippen molar-refractivity contribution in [2.75, 3.05) is 46.3 Å². The molecular formula is C19H29F2N5O2. The van der Waals surface area contributed by atoms with Crippen LogP contribution in [0.4, 0.5) is 8.78 Å². The van der Waals surface area contributed by atoms with Gasteiger partial charge in [0.05, 0.1) is 0 Å². The summed E-state index contributed by atoms with van der Waals surface area (Å²) in [6.45, 7) is 5.68. The highest BCUT2D eigenvalue weighted by atomic mass is 19.3. The van der Waals surface area contributed by atoms with Crippen LogP contribution < -0.4 is 15.4 Å². The number of hydrogen-bond acceptors (Lipinski definition) is 4. The molecule has 1 aliphatic rings. The zero-order chi connectivity index (χ0) is 20.5. The van der Waals surface area contributed by atoms with Gasteiger partial charge in [-0.1, -0.05) is 17.7 Å². The maximum atomic E-state index is 12.6. The van der Waals surface area contributed by atoms with E-state index in [4.69, 9.17) is 0 Å². The Labute approximate surface area is 164 Å². The first-order valence-electron chi connectivity index (χ1n) is 9.35. The number of carbonyl (C=O) groups is 1. The Hall–Kier alpha value is -2.42. The molecule has 1 amide bonds. The topological polar surface area (TPSA) is 69.2 Å². The monoisotopic (exact) mass is 397 g/mol. The number of rotatable bonds is 7. The minimum atomic E-state index is -2.86. The van der Waals surface area contributed by atoms with Crippen LogP contribution in [0.5, 0.6) is 5.75 Å². The SMILES string of the molecule is CN=C(NCCN1CCN(C(C)=O)CC1)NCc1cc(C)ccc1OC(F)F. The number of hydrogen-bond donors (Lipinski definition) is 2. The van der Waals surface area contributed by atoms with E-state index in [2.05, 4.69) is 25.3 Å². The Morgan fingerprint density at radius 3 is 2.57 bits per heavy atom. The molecule has 0 atom stereocenters. The molecule has 1 heterocycles. The summed E-state index contributed by atoms with van der Waals surface area (Å²) in [7, 11) is 1.66. The van der Waals surface area contributed by atoms with Gasteiger partial charge in [-0.05, 0) is 13.0 Å². The van der Waals surface area contributed by atoms with Crippen LogP contribution in [0.1, 0.15) is 18.1 Å². The third-order valence-electron chi connectivity index (χ3n) is 4.64. The number of alkyl halides is 2. The maximum absolute atomic E-state index is 12.6. The predicted octanol–water partition coefficient (Wildman–Crippen LogP) is 1.43. The van der Waals surface area contributed by atoms with Crippen molar-refractivity contribution in [2.24, 2.45) is 4.99 Å². The Balaban J connectivity index is 1.78. The average Bonchev–Trinajstić information content (AvgIpc) is 2.66. The Bertz CT molecular complexity index is 676. The fourth-order valence-corrected chi connectivity index (χ4v) is 3.08. The number of amides is 1. The van der Waals surface area contributed by atoms with Crippen LogP contribution in [0, 0.1) is 6.92 Å². The minimum Gasteiger partial charge on any atom is -0.434 e. The van der Waals surface area contributed by atoms with Crippen LogP contribution in [0.15, 0.2) is 23.2 Å². The highest BCUT2D eigenvalue weighted by Gasteiger charge is 2.18. The number of aliphatic imine (C=N–C) groups is 1. The number of guanidine groups is 1. The third kappa shape index (κ3) is 6.95. The lowest BCUT2D eigenvalue weighted by Crippen LogP contribution is -2.50. The predicted molar refractivity (Wildman–Crippen MR) is 105 cm³/mol. The third-order valence-corrected chi connectivity index (χ3v) is 4.64. The summed E-state index contributed by atoms with van der Waals surface area (Å²) in [6, 6.07) is 5.10. The van der Waals surface area contributed by atoms with E-state index in [1.165, 1.54) is 0 Å². The molecule has 1 aromatic rings. The molecule has 1 fully saturated rings. The molecular weight excluding hydrogens is 368 g/mol. The zero-order valence-electron chi connectivity index (χ0n) is 16.7. The molecule has 0 bridgehead atoms. The van der Waals surface area contributed by atoms with Crippen LogP contribution in [-0.2, 0) is 11.3 Å². The van der Waals surface area contributed by atoms with Gasteiger partial charge in [-0.2, -0.15) is 8.78 Å². The highest BCUT2D eigenvalue weighted by Crippen LogP contribution is 2.21. The number of ether oxygens (including phenoxy) is 1. The van der Waals surface area contributed by atoms with Gasteiger partial charge in [-0.15, -0.1) is 0 Å². The quantitative estimate of drug-likeness (QED) is 0.538. The Kier molecular flexibility index (Phi) is 8.43. The van der Waals surface area contributed by atoms with Gasteiger partial charge in [-0.25, -0.2) is 0 Å². The lowest BCUT2D eigenvalue weighted by atomic mass is 10.1.